The van der Waals surface area contributed by atoms with E-state index in [9.17, 15) is 4.79 Å². The summed E-state index contributed by atoms with van der Waals surface area (Å²) in [4.78, 5) is 11.8. The molecule has 0 aliphatic carbocycles. The van der Waals surface area contributed by atoms with Gasteiger partial charge >= 0.3 is 5.97 Å². The van der Waals surface area contributed by atoms with Gasteiger partial charge in [0.1, 0.15) is 0 Å². The van der Waals surface area contributed by atoms with Crippen LogP contribution in [0.25, 0.3) is 0 Å². The Kier molecular flexibility index (Phi) is 5.37. The number of esters is 1. The van der Waals surface area contributed by atoms with Gasteiger partial charge in [-0.25, -0.2) is 4.79 Å². The van der Waals surface area contributed by atoms with E-state index in [-0.39, 0.29) is 30.0 Å². The van der Waals surface area contributed by atoms with Gasteiger partial charge in [0.15, 0.2) is 6.10 Å². The van der Waals surface area contributed by atoms with Gasteiger partial charge < -0.3 is 14.2 Å². The van der Waals surface area contributed by atoms with Crippen LogP contribution in [0.15, 0.2) is 30.3 Å². The summed E-state index contributed by atoms with van der Waals surface area (Å²) in [6.07, 6.45) is -0.619. The summed E-state index contributed by atoms with van der Waals surface area (Å²) in [5.74, 6) is -0.133. The van der Waals surface area contributed by atoms with Crippen molar-refractivity contribution in [2.45, 2.75) is 45.7 Å². The zero-order valence-electron chi connectivity index (χ0n) is 13.1. The standard InChI is InChI=1S/C17H24O4/c1-11-13(3)21-16(17(18)19-4)12(2)15(11)20-10-14-8-6-5-7-9-14/h5-9,11-13,15-16H,10H2,1-4H3/t11-,12-,13+,15+,16+/m0/s1. The molecule has 2 rings (SSSR count). The number of hydrogen-bond acceptors (Lipinski definition) is 4. The highest BCUT2D eigenvalue weighted by Gasteiger charge is 2.44. The van der Waals surface area contributed by atoms with Gasteiger partial charge in [0.05, 0.1) is 25.9 Å². The second-order valence-electron chi connectivity index (χ2n) is 5.76. The van der Waals surface area contributed by atoms with Gasteiger partial charge in [-0.05, 0) is 12.5 Å². The van der Waals surface area contributed by atoms with E-state index >= 15 is 0 Å². The quantitative estimate of drug-likeness (QED) is 0.801. The number of rotatable bonds is 4. The summed E-state index contributed by atoms with van der Waals surface area (Å²) < 4.78 is 16.7. The zero-order chi connectivity index (χ0) is 15.4. The van der Waals surface area contributed by atoms with E-state index in [2.05, 4.69) is 6.92 Å². The Hall–Kier alpha value is -1.39. The lowest BCUT2D eigenvalue weighted by atomic mass is 9.83. The molecular weight excluding hydrogens is 268 g/mol. The third-order valence-electron chi connectivity index (χ3n) is 4.33. The Morgan fingerprint density at radius 3 is 2.43 bits per heavy atom. The number of ether oxygens (including phenoxy) is 3. The fourth-order valence-electron chi connectivity index (χ4n) is 2.85. The van der Waals surface area contributed by atoms with Gasteiger partial charge in [0, 0.05) is 11.8 Å². The first kappa shape index (κ1) is 16.0. The molecule has 1 aromatic carbocycles. The van der Waals surface area contributed by atoms with Gasteiger partial charge in [-0.2, -0.15) is 0 Å². The average Bonchev–Trinajstić information content (AvgIpc) is 2.51. The first-order chi connectivity index (χ1) is 10.0. The molecule has 1 fully saturated rings. The fourth-order valence-corrected chi connectivity index (χ4v) is 2.85. The highest BCUT2D eigenvalue weighted by molar-refractivity contribution is 5.75. The summed E-state index contributed by atoms with van der Waals surface area (Å²) in [7, 11) is 1.39. The molecule has 0 unspecified atom stereocenters. The topological polar surface area (TPSA) is 44.8 Å². The second kappa shape index (κ2) is 7.05. The number of carbonyl (C=O) groups is 1. The van der Waals surface area contributed by atoms with Crippen LogP contribution in [0.2, 0.25) is 0 Å². The Balaban J connectivity index is 2.06. The van der Waals surface area contributed by atoms with Crippen LogP contribution in [0.5, 0.6) is 0 Å². The predicted octanol–water partition coefficient (Wildman–Crippen LogP) is 2.80. The van der Waals surface area contributed by atoms with E-state index in [0.29, 0.717) is 6.61 Å². The highest BCUT2D eigenvalue weighted by Crippen LogP contribution is 2.33. The van der Waals surface area contributed by atoms with Crippen LogP contribution in [-0.2, 0) is 25.6 Å². The lowest BCUT2D eigenvalue weighted by molar-refractivity contribution is -0.199. The highest BCUT2D eigenvalue weighted by atomic mass is 16.6. The smallest absolute Gasteiger partial charge is 0.335 e. The minimum Gasteiger partial charge on any atom is -0.467 e. The first-order valence-corrected chi connectivity index (χ1v) is 7.43. The molecule has 1 aliphatic heterocycles. The van der Waals surface area contributed by atoms with E-state index in [4.69, 9.17) is 14.2 Å². The van der Waals surface area contributed by atoms with Gasteiger partial charge in [-0.15, -0.1) is 0 Å². The molecular formula is C17H24O4. The third-order valence-corrected chi connectivity index (χ3v) is 4.33. The molecule has 0 N–H and O–H groups in total. The summed E-state index contributed by atoms with van der Waals surface area (Å²) in [5.41, 5.74) is 1.13. The molecule has 0 bridgehead atoms. The van der Waals surface area contributed by atoms with Gasteiger partial charge in [-0.1, -0.05) is 44.2 Å². The minimum absolute atomic E-state index is 0.0296. The van der Waals surface area contributed by atoms with Crippen LogP contribution in [0.4, 0.5) is 0 Å². The molecule has 116 valence electrons. The third kappa shape index (κ3) is 3.63. The van der Waals surface area contributed by atoms with E-state index in [1.54, 1.807) is 0 Å². The van der Waals surface area contributed by atoms with Crippen LogP contribution >= 0.6 is 0 Å². The van der Waals surface area contributed by atoms with E-state index < -0.39 is 6.10 Å². The summed E-state index contributed by atoms with van der Waals surface area (Å²) >= 11 is 0. The molecule has 4 heteroatoms. The van der Waals surface area contributed by atoms with Crippen molar-refractivity contribution in [1.82, 2.24) is 0 Å². The lowest BCUT2D eigenvalue weighted by Crippen LogP contribution is -2.52. The number of hydrogen-bond donors (Lipinski definition) is 0. The summed E-state index contributed by atoms with van der Waals surface area (Å²) in [5, 5.41) is 0. The van der Waals surface area contributed by atoms with Crippen molar-refractivity contribution < 1.29 is 19.0 Å². The van der Waals surface area contributed by atoms with Crippen molar-refractivity contribution in [3.63, 3.8) is 0 Å². The monoisotopic (exact) mass is 292 g/mol. The van der Waals surface area contributed by atoms with Crippen molar-refractivity contribution in [3.8, 4) is 0 Å². The molecule has 1 heterocycles. The molecule has 5 atom stereocenters. The SMILES string of the molecule is COC(=O)[C@@H]1O[C@H](C)[C@H](C)[C@@H](OCc2ccccc2)[C@@H]1C. The molecule has 1 aliphatic rings. The summed E-state index contributed by atoms with van der Waals surface area (Å²) in [6, 6.07) is 10.1. The predicted molar refractivity (Wildman–Crippen MR) is 79.7 cm³/mol. The van der Waals surface area contributed by atoms with Crippen molar-refractivity contribution in [2.24, 2.45) is 11.8 Å². The largest absolute Gasteiger partial charge is 0.467 e. The fraction of sp³-hybridized carbons (Fsp3) is 0.588. The van der Waals surface area contributed by atoms with E-state index in [0.717, 1.165) is 5.56 Å². The Labute approximate surface area is 126 Å². The van der Waals surface area contributed by atoms with Crippen molar-refractivity contribution in [3.05, 3.63) is 35.9 Å². The van der Waals surface area contributed by atoms with E-state index in [1.165, 1.54) is 7.11 Å². The molecule has 1 aromatic rings. The van der Waals surface area contributed by atoms with Gasteiger partial charge in [0.2, 0.25) is 0 Å². The normalized spacial score (nSPS) is 32.7. The van der Waals surface area contributed by atoms with Gasteiger partial charge in [0.25, 0.3) is 0 Å². The summed E-state index contributed by atoms with van der Waals surface area (Å²) in [6.45, 7) is 6.61. The maximum Gasteiger partial charge on any atom is 0.335 e. The molecule has 0 saturated carbocycles. The first-order valence-electron chi connectivity index (χ1n) is 7.43. The minimum atomic E-state index is -0.554. The molecule has 1 saturated heterocycles. The molecule has 21 heavy (non-hydrogen) atoms. The van der Waals surface area contributed by atoms with Crippen LogP contribution in [-0.4, -0.2) is 31.4 Å². The Morgan fingerprint density at radius 1 is 1.14 bits per heavy atom. The lowest BCUT2D eigenvalue weighted by Gasteiger charge is -2.42. The molecule has 0 amide bonds. The molecule has 0 spiro atoms. The number of carbonyl (C=O) groups excluding carboxylic acids is 1. The average molecular weight is 292 g/mol. The Morgan fingerprint density at radius 2 is 1.81 bits per heavy atom. The maximum atomic E-state index is 11.8. The number of methoxy groups -OCH3 is 1. The molecule has 0 aromatic heterocycles. The maximum absolute atomic E-state index is 11.8. The van der Waals surface area contributed by atoms with Crippen LogP contribution in [0, 0.1) is 11.8 Å². The van der Waals surface area contributed by atoms with E-state index in [1.807, 2.05) is 44.2 Å². The zero-order valence-corrected chi connectivity index (χ0v) is 13.1. The van der Waals surface area contributed by atoms with Gasteiger partial charge in [-0.3, -0.25) is 0 Å². The van der Waals surface area contributed by atoms with Crippen molar-refractivity contribution in [1.29, 1.82) is 0 Å². The van der Waals surface area contributed by atoms with Crippen LogP contribution in [0.3, 0.4) is 0 Å². The van der Waals surface area contributed by atoms with Crippen LogP contribution < -0.4 is 0 Å². The second-order valence-corrected chi connectivity index (χ2v) is 5.76. The molecule has 4 nitrogen and oxygen atoms in total. The molecule has 0 radical (unpaired) electrons. The van der Waals surface area contributed by atoms with Crippen molar-refractivity contribution >= 4 is 5.97 Å². The Bertz CT molecular complexity index is 459. The van der Waals surface area contributed by atoms with Crippen LogP contribution in [0.1, 0.15) is 26.3 Å². The number of benzene rings is 1. The van der Waals surface area contributed by atoms with Crippen molar-refractivity contribution in [2.75, 3.05) is 7.11 Å².